The quantitative estimate of drug-likeness (QED) is 0.103. The highest BCUT2D eigenvalue weighted by atomic mass is 32.2. The largest absolute Gasteiger partial charge is 0.460 e. The van der Waals surface area contributed by atoms with Crippen molar-refractivity contribution in [3.8, 4) is 0 Å². The minimum absolute atomic E-state index is 1.27. The van der Waals surface area contributed by atoms with Gasteiger partial charge in [0.15, 0.2) is 11.0 Å². The van der Waals surface area contributed by atoms with Gasteiger partial charge in [0, 0.05) is 17.6 Å². The normalized spacial score (nSPS) is 17.9. The van der Waals surface area contributed by atoms with Gasteiger partial charge in [-0.2, -0.15) is 149 Å². The SMILES string of the molecule is OCCC(CSC(F)CC(F)(F)C(F)(F)C(F)(F)C(F)(F)C(F)(F)C(F)(F)C(F)(F)C(F)(F)F)SC(F)CC(F)(F)C(F)(F)C(F)(F)C(F)(F)C(F)(F)C(F)(F)C(F)(F)C(F)(F)F. The lowest BCUT2D eigenvalue weighted by Gasteiger charge is -2.43. The Labute approximate surface area is 330 Å². The average molecular weight is 1070 g/mol. The summed E-state index contributed by atoms with van der Waals surface area (Å²) < 4.78 is 484. The number of hydrogen-bond acceptors (Lipinski definition) is 3. The van der Waals surface area contributed by atoms with E-state index in [1.807, 2.05) is 0 Å². The zero-order chi connectivity index (χ0) is 51.7. The highest BCUT2D eigenvalue weighted by Crippen LogP contribution is 2.66. The molecule has 0 aliphatic carbocycles. The van der Waals surface area contributed by atoms with Crippen LogP contribution in [0.5, 0.6) is 0 Å². The Balaban J connectivity index is 6.45. The molecule has 0 aliphatic heterocycles. The van der Waals surface area contributed by atoms with E-state index in [2.05, 4.69) is 0 Å². The second kappa shape index (κ2) is 17.3. The van der Waals surface area contributed by atoms with Crippen LogP contribution < -0.4 is 0 Å². The van der Waals surface area contributed by atoms with E-state index in [0.29, 0.717) is 0 Å². The fraction of sp³-hybridized carbons (Fsp3) is 1.00. The van der Waals surface area contributed by atoms with Crippen LogP contribution in [-0.2, 0) is 0 Å². The van der Waals surface area contributed by atoms with Crippen LogP contribution >= 0.6 is 23.5 Å². The Morgan fingerprint density at radius 3 is 0.778 bits per heavy atom. The van der Waals surface area contributed by atoms with Gasteiger partial charge in [-0.3, -0.25) is 0 Å². The molecule has 0 aliphatic rings. The maximum absolute atomic E-state index is 14.4. The first-order chi connectivity index (χ1) is 26.9. The Morgan fingerprint density at radius 2 is 0.540 bits per heavy atom. The summed E-state index contributed by atoms with van der Waals surface area (Å²) in [5.41, 5.74) is -8.47. The zero-order valence-corrected chi connectivity index (χ0v) is 29.8. The molecule has 0 aromatic heterocycles. The predicted molar refractivity (Wildman–Crippen MR) is 136 cm³/mol. The Kier molecular flexibility index (Phi) is 16.8. The van der Waals surface area contributed by atoms with Gasteiger partial charge in [0.2, 0.25) is 0 Å². The summed E-state index contributed by atoms with van der Waals surface area (Å²) in [4.78, 5) is 0. The molecule has 0 fully saturated rings. The van der Waals surface area contributed by atoms with E-state index < -0.39 is 167 Å². The van der Waals surface area contributed by atoms with Crippen molar-refractivity contribution in [2.24, 2.45) is 0 Å². The van der Waals surface area contributed by atoms with Gasteiger partial charge in [-0.1, -0.05) is 0 Å². The van der Waals surface area contributed by atoms with Gasteiger partial charge in [0.1, 0.15) is 0 Å². The van der Waals surface area contributed by atoms with Gasteiger partial charge in [0.25, 0.3) is 0 Å². The molecular weight excluding hydrogens is 1050 g/mol. The molecule has 0 aromatic rings. The summed E-state index contributed by atoms with van der Waals surface area (Å²) in [6.45, 7) is -1.59. The van der Waals surface area contributed by atoms with Crippen molar-refractivity contribution in [2.45, 2.75) is 131 Å². The fourth-order valence-corrected chi connectivity index (χ4v) is 6.35. The van der Waals surface area contributed by atoms with Crippen LogP contribution in [0.15, 0.2) is 0 Å². The molecule has 1 nitrogen and oxygen atoms in total. The lowest BCUT2D eigenvalue weighted by molar-refractivity contribution is -0.462. The Morgan fingerprint density at radius 1 is 0.317 bits per heavy atom. The van der Waals surface area contributed by atoms with Crippen molar-refractivity contribution < 1.29 is 163 Å². The van der Waals surface area contributed by atoms with Crippen molar-refractivity contribution >= 4 is 23.5 Å². The molecule has 63 heavy (non-hydrogen) atoms. The number of thioether (sulfide) groups is 2. The molecule has 0 aromatic carbocycles. The standard InChI is InChI=1S/C24H14F36OS2/c25-7(3-9(27,28)11(31,32)13(35,36)15(39,40)17(43,44)19(47,48)21(51,52)23(55,56)57)62-5-6(1-2-61)63-8(26)4-10(29,30)12(33,34)14(37,38)16(41,42)18(45,46)20(49,50)22(53,54)24(58,59)60/h6-8,61H,1-5H2. The predicted octanol–water partition coefficient (Wildman–Crippen LogP) is 13.6. The third kappa shape index (κ3) is 9.52. The molecule has 3 atom stereocenters. The molecule has 0 saturated heterocycles. The highest BCUT2D eigenvalue weighted by molar-refractivity contribution is 8.03. The molecule has 39 heteroatoms. The van der Waals surface area contributed by atoms with Crippen LogP contribution in [0.1, 0.15) is 19.3 Å². The summed E-state index contributed by atoms with van der Waals surface area (Å²) in [7, 11) is 0. The summed E-state index contributed by atoms with van der Waals surface area (Å²) in [6, 6.07) is 0. The molecule has 0 spiro atoms. The maximum Gasteiger partial charge on any atom is 0.460 e. The van der Waals surface area contributed by atoms with Crippen molar-refractivity contribution in [1.82, 2.24) is 0 Å². The molecular formula is C24H14F36OS2. The maximum atomic E-state index is 14.4. The number of rotatable bonds is 23. The summed E-state index contributed by atoms with van der Waals surface area (Å²) >= 11 is -2.55. The molecule has 0 rings (SSSR count). The van der Waals surface area contributed by atoms with Gasteiger partial charge in [-0.15, -0.1) is 23.5 Å². The van der Waals surface area contributed by atoms with Gasteiger partial charge in [-0.25, -0.2) is 8.78 Å². The number of aliphatic hydroxyl groups is 1. The van der Waals surface area contributed by atoms with Crippen LogP contribution in [0.25, 0.3) is 0 Å². The number of aliphatic hydroxyl groups excluding tert-OH is 1. The Hall–Kier alpha value is -1.86. The van der Waals surface area contributed by atoms with Gasteiger partial charge < -0.3 is 5.11 Å². The summed E-state index contributed by atoms with van der Waals surface area (Å²) in [6.07, 6.45) is -25.4. The van der Waals surface area contributed by atoms with E-state index >= 15 is 0 Å². The third-order valence-corrected chi connectivity index (χ3v) is 10.2. The lowest BCUT2D eigenvalue weighted by atomic mass is 9.88. The van der Waals surface area contributed by atoms with E-state index in [9.17, 15) is 158 Å². The first kappa shape index (κ1) is 61.1. The Bertz CT molecular complexity index is 1530. The van der Waals surface area contributed by atoms with Crippen molar-refractivity contribution in [1.29, 1.82) is 0 Å². The average Bonchev–Trinajstić information content (AvgIpc) is 3.04. The molecule has 1 N–H and O–H groups in total. The van der Waals surface area contributed by atoms with E-state index in [0.717, 1.165) is 0 Å². The van der Waals surface area contributed by atoms with E-state index in [4.69, 9.17) is 5.11 Å². The number of alkyl halides is 36. The number of hydrogen-bond donors (Lipinski definition) is 1. The molecule has 380 valence electrons. The fourth-order valence-electron chi connectivity index (χ4n) is 3.91. The minimum Gasteiger partial charge on any atom is -0.396 e. The first-order valence-electron chi connectivity index (χ1n) is 14.5. The smallest absolute Gasteiger partial charge is 0.396 e. The van der Waals surface area contributed by atoms with Crippen LogP contribution in [0, 0.1) is 0 Å². The van der Waals surface area contributed by atoms with E-state index in [-0.39, 0.29) is 0 Å². The highest BCUT2D eigenvalue weighted by Gasteiger charge is 2.97. The van der Waals surface area contributed by atoms with Crippen LogP contribution in [0.4, 0.5) is 158 Å². The topological polar surface area (TPSA) is 20.2 Å². The van der Waals surface area contributed by atoms with Crippen LogP contribution in [0.2, 0.25) is 0 Å². The van der Waals surface area contributed by atoms with E-state index in [1.165, 1.54) is 0 Å². The lowest BCUT2D eigenvalue weighted by Crippen LogP contribution is -2.74. The summed E-state index contributed by atoms with van der Waals surface area (Å²) in [5.74, 6) is -123. The van der Waals surface area contributed by atoms with Gasteiger partial charge in [-0.05, 0) is 6.42 Å². The molecule has 0 bridgehead atoms. The van der Waals surface area contributed by atoms with E-state index in [1.54, 1.807) is 0 Å². The van der Waals surface area contributed by atoms with Gasteiger partial charge in [0.05, 0.1) is 12.8 Å². The molecule has 0 amide bonds. The number of halogens is 36. The third-order valence-electron chi connectivity index (χ3n) is 7.66. The second-order valence-corrected chi connectivity index (χ2v) is 14.8. The second-order valence-electron chi connectivity index (χ2n) is 12.1. The molecule has 0 radical (unpaired) electrons. The zero-order valence-electron chi connectivity index (χ0n) is 28.1. The minimum atomic E-state index is -9.11. The van der Waals surface area contributed by atoms with Crippen molar-refractivity contribution in [2.75, 3.05) is 12.4 Å². The van der Waals surface area contributed by atoms with Crippen molar-refractivity contribution in [3.63, 3.8) is 0 Å². The molecule has 0 saturated carbocycles. The first-order valence-corrected chi connectivity index (χ1v) is 16.5. The molecule has 3 unspecified atom stereocenters. The molecule has 0 heterocycles. The van der Waals surface area contributed by atoms with Crippen molar-refractivity contribution in [3.05, 3.63) is 0 Å². The monoisotopic (exact) mass is 1070 g/mol. The van der Waals surface area contributed by atoms with Crippen LogP contribution in [-0.4, -0.2) is 129 Å². The summed E-state index contributed by atoms with van der Waals surface area (Å²) in [5, 5.41) is 6.30. The van der Waals surface area contributed by atoms with Gasteiger partial charge >= 0.3 is 95.3 Å². The van der Waals surface area contributed by atoms with Crippen LogP contribution in [0.3, 0.4) is 0 Å².